The van der Waals surface area contributed by atoms with Gasteiger partial charge in [0, 0.05) is 69.4 Å². The Morgan fingerprint density at radius 3 is 2.62 bits per heavy atom. The van der Waals surface area contributed by atoms with Gasteiger partial charge in [0.25, 0.3) is 0 Å². The second kappa shape index (κ2) is 17.7. The Labute approximate surface area is 330 Å². The zero-order chi connectivity index (χ0) is 39.3. The van der Waals surface area contributed by atoms with Crippen molar-refractivity contribution >= 4 is 26.6 Å². The second-order valence-corrected chi connectivity index (χ2v) is 17.2. The number of rotatable bonds is 20. The molecule has 56 heavy (non-hydrogen) atoms. The monoisotopic (exact) mass is 788 g/mol. The molecule has 0 spiro atoms. The third-order valence-corrected chi connectivity index (χ3v) is 13.8. The van der Waals surface area contributed by atoms with Gasteiger partial charge in [0.1, 0.15) is 29.6 Å². The number of para-hydroxylation sites is 1. The number of unbranched alkanes of at least 4 members (excludes halogenated alkanes) is 2. The van der Waals surface area contributed by atoms with Crippen LogP contribution in [0.4, 0.5) is 0 Å². The molecule has 6 unspecified atom stereocenters. The first-order valence-corrected chi connectivity index (χ1v) is 21.6. The molecule has 0 amide bonds. The standard InChI is InChI=1S/C43H56N4O8S/c1-4-25-53-43-39(46(3)56(50,51)38-16-10-13-30-14-11-19-44-42(30)38)29-36(45-54-5-2)34-27-31(12-6-8-23-48)33(15-7-9-24-49)40(41(34)43)35-28-32(17-18-37(35)55-43)52-26-22-47-20-21-47/h4,10-11,13-14,16-19,27-28,31,33,39-41,48-49H,1,5-9,12,15,20-26,29H2,2-3H3. The van der Waals surface area contributed by atoms with Crippen molar-refractivity contribution in [3.63, 3.8) is 0 Å². The smallest absolute Gasteiger partial charge is 0.245 e. The molecular weight excluding hydrogens is 733 g/mol. The Bertz CT molecular complexity index is 2010. The molecule has 1 aromatic heterocycles. The summed E-state index contributed by atoms with van der Waals surface area (Å²) >= 11 is 0. The molecule has 2 aromatic carbocycles. The quantitative estimate of drug-likeness (QED) is 0.0615. The Balaban J connectivity index is 1.42. The summed E-state index contributed by atoms with van der Waals surface area (Å²) < 4.78 is 51.9. The molecule has 13 heteroatoms. The van der Waals surface area contributed by atoms with Crippen LogP contribution in [0.3, 0.4) is 0 Å². The summed E-state index contributed by atoms with van der Waals surface area (Å²) in [5.74, 6) is -0.695. The fourth-order valence-corrected chi connectivity index (χ4v) is 10.7. The topological polar surface area (TPSA) is 143 Å². The molecule has 2 aliphatic heterocycles. The number of benzene rings is 2. The number of nitrogens with zero attached hydrogens (tertiary/aromatic N) is 4. The number of sulfonamides is 1. The average Bonchev–Trinajstić information content (AvgIpc) is 4.04. The van der Waals surface area contributed by atoms with Crippen LogP contribution < -0.4 is 9.47 Å². The first-order chi connectivity index (χ1) is 27.3. The maximum absolute atomic E-state index is 15.0. The first-order valence-electron chi connectivity index (χ1n) is 20.1. The largest absolute Gasteiger partial charge is 0.492 e. The molecule has 2 aliphatic carbocycles. The van der Waals surface area contributed by atoms with Gasteiger partial charge in [-0.15, -0.1) is 6.58 Å². The van der Waals surface area contributed by atoms with Crippen molar-refractivity contribution in [2.24, 2.45) is 22.9 Å². The normalized spacial score (nSPS) is 26.3. The molecule has 4 aliphatic rings. The number of aliphatic hydroxyl groups is 2. The molecule has 7 rings (SSSR count). The minimum atomic E-state index is -4.21. The highest BCUT2D eigenvalue weighted by Gasteiger charge is 2.65. The van der Waals surface area contributed by atoms with Crippen molar-refractivity contribution in [2.45, 2.75) is 74.5 Å². The highest BCUT2D eigenvalue weighted by molar-refractivity contribution is 7.89. The predicted octanol–water partition coefficient (Wildman–Crippen LogP) is 5.90. The lowest BCUT2D eigenvalue weighted by Gasteiger charge is -2.59. The van der Waals surface area contributed by atoms with Crippen molar-refractivity contribution in [2.75, 3.05) is 59.7 Å². The van der Waals surface area contributed by atoms with Gasteiger partial charge < -0.3 is 29.3 Å². The van der Waals surface area contributed by atoms with E-state index in [1.54, 1.807) is 37.5 Å². The van der Waals surface area contributed by atoms with Gasteiger partial charge in [0.2, 0.25) is 15.8 Å². The number of aliphatic hydroxyl groups excluding tert-OH is 2. The summed E-state index contributed by atoms with van der Waals surface area (Å²) in [5.41, 5.74) is 2.94. The third-order valence-electron chi connectivity index (χ3n) is 11.9. The van der Waals surface area contributed by atoms with Crippen LogP contribution in [0, 0.1) is 17.8 Å². The number of likely N-dealkylation sites (N-methyl/N-ethyl adjacent to an activating group) is 1. The Hall–Kier alpha value is -3.85. The molecule has 3 aromatic rings. The maximum Gasteiger partial charge on any atom is 0.245 e. The molecule has 0 bridgehead atoms. The highest BCUT2D eigenvalue weighted by atomic mass is 32.2. The molecule has 2 fully saturated rings. The molecule has 12 nitrogen and oxygen atoms in total. The van der Waals surface area contributed by atoms with Crippen LogP contribution in [0.25, 0.3) is 10.9 Å². The van der Waals surface area contributed by atoms with Crippen LogP contribution in [0.5, 0.6) is 11.5 Å². The maximum atomic E-state index is 15.0. The van der Waals surface area contributed by atoms with Crippen LogP contribution in [0.15, 0.2) is 89.1 Å². The Kier molecular flexibility index (Phi) is 12.8. The molecule has 3 heterocycles. The lowest BCUT2D eigenvalue weighted by molar-refractivity contribution is -0.250. The van der Waals surface area contributed by atoms with E-state index in [0.29, 0.717) is 48.4 Å². The van der Waals surface area contributed by atoms with E-state index in [9.17, 15) is 18.6 Å². The van der Waals surface area contributed by atoms with Gasteiger partial charge in [0.15, 0.2) is 0 Å². The number of hydrogen-bond acceptors (Lipinski definition) is 11. The predicted molar refractivity (Wildman–Crippen MR) is 215 cm³/mol. The van der Waals surface area contributed by atoms with Gasteiger partial charge in [-0.2, -0.15) is 4.31 Å². The summed E-state index contributed by atoms with van der Waals surface area (Å²) in [7, 11) is -2.61. The molecule has 6 atom stereocenters. The van der Waals surface area contributed by atoms with Crippen molar-refractivity contribution in [1.82, 2.24) is 14.2 Å². The van der Waals surface area contributed by atoms with Crippen LogP contribution in [0.1, 0.15) is 63.4 Å². The van der Waals surface area contributed by atoms with E-state index < -0.39 is 27.8 Å². The lowest BCUT2D eigenvalue weighted by atomic mass is 9.55. The summed E-state index contributed by atoms with van der Waals surface area (Å²) in [6, 6.07) is 13.9. The number of allylic oxidation sites excluding steroid dienone is 1. The Morgan fingerprint density at radius 2 is 1.88 bits per heavy atom. The van der Waals surface area contributed by atoms with E-state index >= 15 is 0 Å². The second-order valence-electron chi connectivity index (χ2n) is 15.2. The molecule has 1 saturated heterocycles. The molecule has 0 radical (unpaired) electrons. The van der Waals surface area contributed by atoms with Crippen LogP contribution in [-0.4, -0.2) is 110 Å². The summed E-state index contributed by atoms with van der Waals surface area (Å²) in [5, 5.41) is 25.1. The fraction of sp³-hybridized carbons (Fsp3) is 0.535. The van der Waals surface area contributed by atoms with Crippen LogP contribution in [0.2, 0.25) is 0 Å². The van der Waals surface area contributed by atoms with E-state index in [0.717, 1.165) is 62.2 Å². The fourth-order valence-electron chi connectivity index (χ4n) is 9.13. The van der Waals surface area contributed by atoms with Gasteiger partial charge in [-0.1, -0.05) is 48.3 Å². The highest BCUT2D eigenvalue weighted by Crippen LogP contribution is 2.62. The molecule has 302 valence electrons. The lowest BCUT2D eigenvalue weighted by Crippen LogP contribution is -2.69. The van der Waals surface area contributed by atoms with Gasteiger partial charge in [-0.25, -0.2) is 8.42 Å². The van der Waals surface area contributed by atoms with Crippen LogP contribution in [-0.2, 0) is 19.6 Å². The number of hydrogen-bond donors (Lipinski definition) is 2. The minimum absolute atomic E-state index is 0.0625. The summed E-state index contributed by atoms with van der Waals surface area (Å²) in [6.07, 6.45) is 10.4. The number of fused-ring (bicyclic) bond motifs is 3. The van der Waals surface area contributed by atoms with Gasteiger partial charge in [-0.3, -0.25) is 9.88 Å². The van der Waals surface area contributed by atoms with Crippen molar-refractivity contribution in [1.29, 1.82) is 0 Å². The van der Waals surface area contributed by atoms with Gasteiger partial charge in [0.05, 0.1) is 29.8 Å². The van der Waals surface area contributed by atoms with Crippen LogP contribution >= 0.6 is 0 Å². The molecule has 1 saturated carbocycles. The molecule has 2 N–H and O–H groups in total. The van der Waals surface area contributed by atoms with Crippen molar-refractivity contribution in [3.8, 4) is 11.5 Å². The van der Waals surface area contributed by atoms with Gasteiger partial charge in [-0.05, 0) is 80.3 Å². The summed E-state index contributed by atoms with van der Waals surface area (Å²) in [6.45, 7) is 10.1. The molecular formula is C43H56N4O8S. The average molecular weight is 789 g/mol. The van der Waals surface area contributed by atoms with E-state index in [-0.39, 0.29) is 48.9 Å². The van der Waals surface area contributed by atoms with Crippen molar-refractivity contribution < 1.29 is 37.7 Å². The van der Waals surface area contributed by atoms with E-state index in [2.05, 4.69) is 28.6 Å². The number of pyridine rings is 1. The number of oxime groups is 1. The minimum Gasteiger partial charge on any atom is -0.492 e. The number of aromatic nitrogens is 1. The first kappa shape index (κ1) is 40.4. The Morgan fingerprint density at radius 1 is 1.09 bits per heavy atom. The SMILES string of the molecule is C=CCOC12Oc3ccc(OCCN4CC4)cc3C3C(CCCCO)C(CCCCO)C=C(C(=NOCC)CC1N(C)S(=O)(=O)c1cccc4cccnc14)C32. The summed E-state index contributed by atoms with van der Waals surface area (Å²) in [4.78, 5) is 12.7. The van der Waals surface area contributed by atoms with Crippen molar-refractivity contribution in [3.05, 3.63) is 84.6 Å². The third kappa shape index (κ3) is 7.99. The van der Waals surface area contributed by atoms with E-state index in [4.69, 9.17) is 24.2 Å². The van der Waals surface area contributed by atoms with Gasteiger partial charge >= 0.3 is 0 Å². The van der Waals surface area contributed by atoms with E-state index in [1.165, 1.54) is 4.31 Å². The zero-order valence-electron chi connectivity index (χ0n) is 32.6. The zero-order valence-corrected chi connectivity index (χ0v) is 33.4. The van der Waals surface area contributed by atoms with E-state index in [1.807, 2.05) is 31.2 Å². The number of ether oxygens (including phenoxy) is 3.